The van der Waals surface area contributed by atoms with Crippen molar-refractivity contribution in [1.29, 1.82) is 0 Å². The van der Waals surface area contributed by atoms with Crippen molar-refractivity contribution < 1.29 is 0 Å². The van der Waals surface area contributed by atoms with Crippen LogP contribution >= 0.6 is 11.3 Å². The van der Waals surface area contributed by atoms with E-state index < -0.39 is 0 Å². The van der Waals surface area contributed by atoms with Crippen LogP contribution in [0.1, 0.15) is 5.56 Å². The predicted molar refractivity (Wildman–Crippen MR) is 59.6 cm³/mol. The Kier molecular flexibility index (Phi) is 2.45. The van der Waals surface area contributed by atoms with Gasteiger partial charge >= 0.3 is 0 Å². The highest BCUT2D eigenvalue weighted by Crippen LogP contribution is 2.26. The van der Waals surface area contributed by atoms with Crippen molar-refractivity contribution in [2.24, 2.45) is 0 Å². The van der Waals surface area contributed by atoms with E-state index in [2.05, 4.69) is 33.7 Å². The number of hydrogen-bond donors (Lipinski definition) is 1. The zero-order valence-electron chi connectivity index (χ0n) is 8.11. The van der Waals surface area contributed by atoms with Crippen molar-refractivity contribution in [3.63, 3.8) is 0 Å². The highest BCUT2D eigenvalue weighted by molar-refractivity contribution is 7.13. The largest absolute Gasteiger partial charge is 0.372 e. The Hall–Kier alpha value is -1.42. The minimum atomic E-state index is 0.794. The quantitative estimate of drug-likeness (QED) is 0.818. The number of aryl methyl sites for hydroxylation is 1. The lowest BCUT2D eigenvalue weighted by Crippen LogP contribution is -1.93. The monoisotopic (exact) mass is 205 g/mol. The molecule has 0 aromatic carbocycles. The molecule has 72 valence electrons. The fourth-order valence-corrected chi connectivity index (χ4v) is 2.10. The number of hydrogen-bond acceptors (Lipinski definition) is 4. The lowest BCUT2D eigenvalue weighted by atomic mass is 10.2. The standard InChI is InChI=1S/C10H11N3S/c1-7-3-4-14-10(7)8-5-13-9(11-2)6-12-8/h3-6H,1-2H3,(H,11,13). The van der Waals surface area contributed by atoms with Gasteiger partial charge in [0.15, 0.2) is 0 Å². The van der Waals surface area contributed by atoms with Gasteiger partial charge < -0.3 is 5.32 Å². The molecule has 0 aliphatic rings. The molecular formula is C10H11N3S. The molecule has 1 N–H and O–H groups in total. The van der Waals surface area contributed by atoms with Crippen LogP contribution in [0.3, 0.4) is 0 Å². The summed E-state index contributed by atoms with van der Waals surface area (Å²) in [7, 11) is 1.83. The number of nitrogens with one attached hydrogen (secondary N) is 1. The van der Waals surface area contributed by atoms with Crippen LogP contribution in [0.2, 0.25) is 0 Å². The Labute approximate surface area is 86.8 Å². The van der Waals surface area contributed by atoms with Crippen LogP contribution in [0.4, 0.5) is 5.82 Å². The minimum absolute atomic E-state index is 0.794. The summed E-state index contributed by atoms with van der Waals surface area (Å²) in [4.78, 5) is 9.76. The molecule has 2 heterocycles. The van der Waals surface area contributed by atoms with Crippen LogP contribution in [0, 0.1) is 6.92 Å². The molecule has 3 nitrogen and oxygen atoms in total. The number of aromatic nitrogens is 2. The molecule has 2 rings (SSSR count). The van der Waals surface area contributed by atoms with E-state index in [0.29, 0.717) is 0 Å². The Balaban J connectivity index is 2.39. The van der Waals surface area contributed by atoms with Gasteiger partial charge in [-0.2, -0.15) is 0 Å². The van der Waals surface area contributed by atoms with E-state index in [9.17, 15) is 0 Å². The van der Waals surface area contributed by atoms with Gasteiger partial charge in [-0.15, -0.1) is 11.3 Å². The molecule has 0 atom stereocenters. The lowest BCUT2D eigenvalue weighted by molar-refractivity contribution is 1.19. The zero-order valence-corrected chi connectivity index (χ0v) is 8.93. The second-order valence-corrected chi connectivity index (χ2v) is 3.89. The molecular weight excluding hydrogens is 194 g/mol. The van der Waals surface area contributed by atoms with E-state index in [0.717, 1.165) is 11.5 Å². The van der Waals surface area contributed by atoms with Gasteiger partial charge in [-0.1, -0.05) is 0 Å². The molecule has 0 aliphatic heterocycles. The third-order valence-corrected chi connectivity index (χ3v) is 3.04. The summed E-state index contributed by atoms with van der Waals surface area (Å²) >= 11 is 1.69. The van der Waals surface area contributed by atoms with Crippen molar-refractivity contribution in [2.45, 2.75) is 6.92 Å². The molecule has 0 unspecified atom stereocenters. The fraction of sp³-hybridized carbons (Fsp3) is 0.200. The molecule has 0 saturated carbocycles. The SMILES string of the molecule is CNc1cnc(-c2sccc2C)cn1. The maximum atomic E-state index is 4.34. The number of nitrogens with zero attached hydrogens (tertiary/aromatic N) is 2. The van der Waals surface area contributed by atoms with Gasteiger partial charge in [-0.05, 0) is 23.9 Å². The van der Waals surface area contributed by atoms with Gasteiger partial charge in [0, 0.05) is 7.05 Å². The molecule has 0 amide bonds. The average molecular weight is 205 g/mol. The summed E-state index contributed by atoms with van der Waals surface area (Å²) < 4.78 is 0. The molecule has 0 aliphatic carbocycles. The van der Waals surface area contributed by atoms with Gasteiger partial charge in [0.1, 0.15) is 5.82 Å². The Bertz CT molecular complexity index is 419. The Morgan fingerprint density at radius 2 is 2.14 bits per heavy atom. The van der Waals surface area contributed by atoms with Gasteiger partial charge in [0.2, 0.25) is 0 Å². The first-order chi connectivity index (χ1) is 6.81. The van der Waals surface area contributed by atoms with Crippen LogP contribution < -0.4 is 5.32 Å². The van der Waals surface area contributed by atoms with E-state index in [1.54, 1.807) is 23.7 Å². The van der Waals surface area contributed by atoms with Crippen LogP contribution in [0.15, 0.2) is 23.8 Å². The van der Waals surface area contributed by atoms with Crippen LogP contribution in [-0.2, 0) is 0 Å². The van der Waals surface area contributed by atoms with Gasteiger partial charge in [-0.25, -0.2) is 9.97 Å². The van der Waals surface area contributed by atoms with E-state index in [1.165, 1.54) is 10.4 Å². The van der Waals surface area contributed by atoms with Crippen LogP contribution in [0.25, 0.3) is 10.6 Å². The first-order valence-corrected chi connectivity index (χ1v) is 5.23. The van der Waals surface area contributed by atoms with E-state index >= 15 is 0 Å². The topological polar surface area (TPSA) is 37.8 Å². The van der Waals surface area contributed by atoms with Crippen molar-refractivity contribution in [3.05, 3.63) is 29.4 Å². The van der Waals surface area contributed by atoms with Gasteiger partial charge in [0.05, 0.1) is 23.0 Å². The molecule has 2 aromatic rings. The molecule has 2 aromatic heterocycles. The van der Waals surface area contributed by atoms with E-state index in [4.69, 9.17) is 0 Å². The first-order valence-electron chi connectivity index (χ1n) is 4.35. The van der Waals surface area contributed by atoms with Gasteiger partial charge in [0.25, 0.3) is 0 Å². The zero-order chi connectivity index (χ0) is 9.97. The molecule has 0 fully saturated rings. The number of anilines is 1. The molecule has 14 heavy (non-hydrogen) atoms. The van der Waals surface area contributed by atoms with Gasteiger partial charge in [-0.3, -0.25) is 0 Å². The lowest BCUT2D eigenvalue weighted by Gasteiger charge is -2.00. The highest BCUT2D eigenvalue weighted by Gasteiger charge is 2.04. The normalized spacial score (nSPS) is 10.1. The molecule has 0 radical (unpaired) electrons. The first kappa shape index (κ1) is 9.15. The summed E-state index contributed by atoms with van der Waals surface area (Å²) in [5.41, 5.74) is 2.19. The summed E-state index contributed by atoms with van der Waals surface area (Å²) in [5, 5.41) is 5.01. The maximum Gasteiger partial charge on any atom is 0.144 e. The van der Waals surface area contributed by atoms with E-state index in [1.807, 2.05) is 7.05 Å². The average Bonchev–Trinajstić information content (AvgIpc) is 2.65. The summed E-state index contributed by atoms with van der Waals surface area (Å²) in [6.07, 6.45) is 3.54. The predicted octanol–water partition coefficient (Wildman–Crippen LogP) is 2.56. The summed E-state index contributed by atoms with van der Waals surface area (Å²) in [6, 6.07) is 2.09. The summed E-state index contributed by atoms with van der Waals surface area (Å²) in [5.74, 6) is 0.794. The highest BCUT2D eigenvalue weighted by atomic mass is 32.1. The smallest absolute Gasteiger partial charge is 0.144 e. The van der Waals surface area contributed by atoms with Crippen LogP contribution in [-0.4, -0.2) is 17.0 Å². The Morgan fingerprint density at radius 3 is 2.64 bits per heavy atom. The van der Waals surface area contributed by atoms with Crippen molar-refractivity contribution in [3.8, 4) is 10.6 Å². The molecule has 4 heteroatoms. The molecule has 0 bridgehead atoms. The number of thiophene rings is 1. The third kappa shape index (κ3) is 1.61. The van der Waals surface area contributed by atoms with E-state index in [-0.39, 0.29) is 0 Å². The number of rotatable bonds is 2. The summed E-state index contributed by atoms with van der Waals surface area (Å²) in [6.45, 7) is 2.08. The molecule has 0 saturated heterocycles. The van der Waals surface area contributed by atoms with Crippen molar-refractivity contribution >= 4 is 17.2 Å². The molecule has 0 spiro atoms. The Morgan fingerprint density at radius 1 is 1.29 bits per heavy atom. The van der Waals surface area contributed by atoms with Crippen molar-refractivity contribution in [2.75, 3.05) is 12.4 Å². The second-order valence-electron chi connectivity index (χ2n) is 2.97. The van der Waals surface area contributed by atoms with Crippen LogP contribution in [0.5, 0.6) is 0 Å². The minimum Gasteiger partial charge on any atom is -0.372 e. The second kappa shape index (κ2) is 3.75. The fourth-order valence-electron chi connectivity index (χ4n) is 1.21. The third-order valence-electron chi connectivity index (χ3n) is 2.00. The van der Waals surface area contributed by atoms with Crippen molar-refractivity contribution in [1.82, 2.24) is 9.97 Å². The maximum absolute atomic E-state index is 4.34.